The zero-order chi connectivity index (χ0) is 15.7. The molecule has 0 saturated heterocycles. The fourth-order valence-electron chi connectivity index (χ4n) is 2.25. The van der Waals surface area contributed by atoms with Crippen LogP contribution in [0.3, 0.4) is 0 Å². The second kappa shape index (κ2) is 5.49. The fourth-order valence-corrected chi connectivity index (χ4v) is 2.25. The highest BCUT2D eigenvalue weighted by atomic mass is 16.6. The highest BCUT2D eigenvalue weighted by Gasteiger charge is 2.29. The molecule has 0 bridgehead atoms. The standard InChI is InChI=1S/C15H18N4O3/c1-15(2,11-5-7-12(8-6-11)19(20)21)16-9-13-17-14(18-22-13)10-3-4-10/h5-8,10,16H,3-4,9H2,1-2H3. The van der Waals surface area contributed by atoms with Gasteiger partial charge in [-0.1, -0.05) is 17.3 Å². The molecule has 7 nitrogen and oxygen atoms in total. The Kier molecular flexibility index (Phi) is 3.66. The van der Waals surface area contributed by atoms with Gasteiger partial charge in [-0.25, -0.2) is 0 Å². The van der Waals surface area contributed by atoms with Crippen molar-refractivity contribution in [2.45, 2.75) is 44.7 Å². The van der Waals surface area contributed by atoms with Crippen LogP contribution < -0.4 is 5.32 Å². The Morgan fingerprint density at radius 3 is 2.64 bits per heavy atom. The molecule has 1 heterocycles. The molecule has 1 fully saturated rings. The van der Waals surface area contributed by atoms with E-state index < -0.39 is 4.92 Å². The number of rotatable bonds is 6. The molecular weight excluding hydrogens is 284 g/mol. The molecule has 0 spiro atoms. The lowest BCUT2D eigenvalue weighted by Crippen LogP contribution is -2.36. The van der Waals surface area contributed by atoms with Gasteiger partial charge in [0, 0.05) is 23.6 Å². The lowest BCUT2D eigenvalue weighted by Gasteiger charge is -2.26. The predicted molar refractivity (Wildman–Crippen MR) is 79.2 cm³/mol. The molecule has 22 heavy (non-hydrogen) atoms. The van der Waals surface area contributed by atoms with Crippen LogP contribution in [0.5, 0.6) is 0 Å². The van der Waals surface area contributed by atoms with E-state index in [9.17, 15) is 10.1 Å². The van der Waals surface area contributed by atoms with Crippen LogP contribution in [0.15, 0.2) is 28.8 Å². The van der Waals surface area contributed by atoms with E-state index >= 15 is 0 Å². The van der Waals surface area contributed by atoms with Gasteiger partial charge in [0.15, 0.2) is 5.82 Å². The average Bonchev–Trinajstić information content (AvgIpc) is 3.24. The molecule has 1 aromatic carbocycles. The monoisotopic (exact) mass is 302 g/mol. The van der Waals surface area contributed by atoms with Crippen LogP contribution in [0, 0.1) is 10.1 Å². The van der Waals surface area contributed by atoms with Gasteiger partial charge in [0.05, 0.1) is 11.5 Å². The molecule has 3 rings (SSSR count). The van der Waals surface area contributed by atoms with E-state index in [1.54, 1.807) is 12.1 Å². The molecule has 2 aromatic rings. The number of nitro benzene ring substituents is 1. The minimum Gasteiger partial charge on any atom is -0.338 e. The maximum atomic E-state index is 10.7. The van der Waals surface area contributed by atoms with Gasteiger partial charge in [-0.15, -0.1) is 0 Å². The van der Waals surface area contributed by atoms with Crippen LogP contribution in [0.1, 0.15) is 49.9 Å². The summed E-state index contributed by atoms with van der Waals surface area (Å²) in [5, 5.41) is 18.0. The SMILES string of the molecule is CC(C)(NCc1nc(C2CC2)no1)c1ccc([N+](=O)[O-])cc1. The van der Waals surface area contributed by atoms with E-state index in [0.717, 1.165) is 24.2 Å². The van der Waals surface area contributed by atoms with Crippen molar-refractivity contribution >= 4 is 5.69 Å². The lowest BCUT2D eigenvalue weighted by atomic mass is 9.94. The zero-order valence-corrected chi connectivity index (χ0v) is 12.6. The van der Waals surface area contributed by atoms with Gasteiger partial charge < -0.3 is 4.52 Å². The van der Waals surface area contributed by atoms with Crippen molar-refractivity contribution in [3.8, 4) is 0 Å². The molecule has 116 valence electrons. The third kappa shape index (κ3) is 3.14. The van der Waals surface area contributed by atoms with Crippen LogP contribution in [-0.2, 0) is 12.1 Å². The number of nitrogens with zero attached hydrogens (tertiary/aromatic N) is 3. The molecule has 7 heteroatoms. The average molecular weight is 302 g/mol. The van der Waals surface area contributed by atoms with E-state index in [2.05, 4.69) is 15.5 Å². The van der Waals surface area contributed by atoms with Crippen LogP contribution in [0.4, 0.5) is 5.69 Å². The van der Waals surface area contributed by atoms with Crippen molar-refractivity contribution in [2.24, 2.45) is 0 Å². The topological polar surface area (TPSA) is 94.1 Å². The fraction of sp³-hybridized carbons (Fsp3) is 0.467. The molecule has 1 saturated carbocycles. The third-order valence-electron chi connectivity index (χ3n) is 3.91. The molecular formula is C15H18N4O3. The second-order valence-corrected chi connectivity index (χ2v) is 6.10. The van der Waals surface area contributed by atoms with Gasteiger partial charge in [-0.3, -0.25) is 15.4 Å². The molecule has 0 unspecified atom stereocenters. The van der Waals surface area contributed by atoms with E-state index in [0.29, 0.717) is 18.4 Å². The summed E-state index contributed by atoms with van der Waals surface area (Å²) in [6.45, 7) is 4.47. The summed E-state index contributed by atoms with van der Waals surface area (Å²) in [6.07, 6.45) is 2.28. The largest absolute Gasteiger partial charge is 0.338 e. The Morgan fingerprint density at radius 1 is 1.36 bits per heavy atom. The first-order valence-corrected chi connectivity index (χ1v) is 7.28. The number of non-ortho nitro benzene ring substituents is 1. The first-order valence-electron chi connectivity index (χ1n) is 7.28. The number of aromatic nitrogens is 2. The van der Waals surface area contributed by atoms with Gasteiger partial charge in [0.2, 0.25) is 5.89 Å². The minimum absolute atomic E-state index is 0.0885. The maximum absolute atomic E-state index is 10.7. The van der Waals surface area contributed by atoms with Crippen molar-refractivity contribution < 1.29 is 9.45 Å². The molecule has 0 amide bonds. The maximum Gasteiger partial charge on any atom is 0.269 e. The Hall–Kier alpha value is -2.28. The minimum atomic E-state index is -0.401. The smallest absolute Gasteiger partial charge is 0.269 e. The summed E-state index contributed by atoms with van der Waals surface area (Å²) < 4.78 is 5.23. The van der Waals surface area contributed by atoms with Gasteiger partial charge >= 0.3 is 0 Å². The van der Waals surface area contributed by atoms with Crippen molar-refractivity contribution in [3.05, 3.63) is 51.7 Å². The van der Waals surface area contributed by atoms with Crippen LogP contribution in [0.2, 0.25) is 0 Å². The summed E-state index contributed by atoms with van der Waals surface area (Å²) in [6, 6.07) is 6.54. The first-order chi connectivity index (χ1) is 10.5. The van der Waals surface area contributed by atoms with Gasteiger partial charge in [0.25, 0.3) is 5.69 Å². The quantitative estimate of drug-likeness (QED) is 0.651. The number of nitrogens with one attached hydrogen (secondary N) is 1. The normalized spacial score (nSPS) is 15.0. The summed E-state index contributed by atoms with van der Waals surface area (Å²) in [5.74, 6) is 1.84. The number of benzene rings is 1. The lowest BCUT2D eigenvalue weighted by molar-refractivity contribution is -0.384. The molecule has 1 aromatic heterocycles. The van der Waals surface area contributed by atoms with Crippen molar-refractivity contribution in [1.29, 1.82) is 0 Å². The molecule has 1 aliphatic carbocycles. The van der Waals surface area contributed by atoms with Gasteiger partial charge in [0.1, 0.15) is 0 Å². The predicted octanol–water partition coefficient (Wildman–Crippen LogP) is 2.88. The molecule has 0 atom stereocenters. The van der Waals surface area contributed by atoms with Gasteiger partial charge in [-0.2, -0.15) is 4.98 Å². The Bertz CT molecular complexity index is 674. The molecule has 0 aliphatic heterocycles. The van der Waals surface area contributed by atoms with Gasteiger partial charge in [-0.05, 0) is 32.3 Å². The van der Waals surface area contributed by atoms with Crippen molar-refractivity contribution in [3.63, 3.8) is 0 Å². The van der Waals surface area contributed by atoms with Crippen LogP contribution in [0.25, 0.3) is 0 Å². The summed E-state index contributed by atoms with van der Waals surface area (Å²) in [4.78, 5) is 14.7. The van der Waals surface area contributed by atoms with E-state index in [1.165, 1.54) is 12.1 Å². The number of hydrogen-bond donors (Lipinski definition) is 1. The van der Waals surface area contributed by atoms with Crippen LogP contribution in [-0.4, -0.2) is 15.1 Å². The zero-order valence-electron chi connectivity index (χ0n) is 12.6. The second-order valence-electron chi connectivity index (χ2n) is 6.10. The Labute approximate surface area is 127 Å². The van der Waals surface area contributed by atoms with Crippen LogP contribution >= 0.6 is 0 Å². The van der Waals surface area contributed by atoms with E-state index in [1.807, 2.05) is 13.8 Å². The number of hydrogen-bond acceptors (Lipinski definition) is 6. The molecule has 1 aliphatic rings. The third-order valence-corrected chi connectivity index (χ3v) is 3.91. The molecule has 1 N–H and O–H groups in total. The summed E-state index contributed by atoms with van der Waals surface area (Å²) >= 11 is 0. The highest BCUT2D eigenvalue weighted by molar-refractivity contribution is 5.35. The number of nitro groups is 1. The highest BCUT2D eigenvalue weighted by Crippen LogP contribution is 2.38. The molecule has 0 radical (unpaired) electrons. The Morgan fingerprint density at radius 2 is 2.05 bits per heavy atom. The summed E-state index contributed by atoms with van der Waals surface area (Å²) in [5.41, 5.74) is 0.689. The van der Waals surface area contributed by atoms with E-state index in [-0.39, 0.29) is 11.2 Å². The van der Waals surface area contributed by atoms with Crippen molar-refractivity contribution in [2.75, 3.05) is 0 Å². The Balaban J connectivity index is 1.65. The first kappa shape index (κ1) is 14.6. The van der Waals surface area contributed by atoms with Crippen molar-refractivity contribution in [1.82, 2.24) is 15.5 Å². The summed E-state index contributed by atoms with van der Waals surface area (Å²) in [7, 11) is 0. The van der Waals surface area contributed by atoms with E-state index in [4.69, 9.17) is 4.52 Å².